The first kappa shape index (κ1) is 18.4. The Morgan fingerprint density at radius 3 is 2.67 bits per heavy atom. The van der Waals surface area contributed by atoms with Crippen LogP contribution in [0.25, 0.3) is 0 Å². The summed E-state index contributed by atoms with van der Waals surface area (Å²) < 4.78 is 5.01. The molecular weight excluding hydrogens is 332 g/mol. The zero-order valence-electron chi connectivity index (χ0n) is 13.9. The van der Waals surface area contributed by atoms with E-state index < -0.39 is 6.09 Å². The number of likely N-dealkylation sites (tertiary alicyclic amines) is 1. The van der Waals surface area contributed by atoms with Gasteiger partial charge in [-0.1, -0.05) is 11.6 Å². The van der Waals surface area contributed by atoms with Crippen LogP contribution in [0.1, 0.15) is 37.0 Å². The van der Waals surface area contributed by atoms with Crippen molar-refractivity contribution in [1.29, 1.82) is 0 Å². The fourth-order valence-corrected chi connectivity index (χ4v) is 3.10. The van der Waals surface area contributed by atoms with Crippen molar-refractivity contribution in [3.8, 4) is 0 Å². The number of nitrogens with one attached hydrogen (secondary N) is 1. The topological polar surface area (TPSA) is 78.9 Å². The van der Waals surface area contributed by atoms with Crippen LogP contribution < -0.4 is 5.32 Å². The third-order valence-electron chi connectivity index (χ3n) is 4.38. The lowest BCUT2D eigenvalue weighted by atomic mass is 9.90. The lowest BCUT2D eigenvalue weighted by molar-refractivity contribution is 0.0526. The molecule has 1 atom stereocenters. The van der Waals surface area contributed by atoms with Gasteiger partial charge in [-0.05, 0) is 50.8 Å². The maximum Gasteiger partial charge on any atom is 0.407 e. The number of carboxylic acid groups (broad SMARTS) is 1. The van der Waals surface area contributed by atoms with E-state index >= 15 is 0 Å². The second kappa shape index (κ2) is 8.24. The Hall–Kier alpha value is -1.95. The SMILES string of the molecule is CCOC(=O)c1ccc(Cl)c(N[C@@H](C)C2CCN(C(=O)O)CC2)c1. The molecule has 0 saturated carbocycles. The van der Waals surface area contributed by atoms with Gasteiger partial charge in [-0.2, -0.15) is 0 Å². The number of anilines is 1. The van der Waals surface area contributed by atoms with E-state index in [0.29, 0.717) is 41.9 Å². The van der Waals surface area contributed by atoms with Crippen LogP contribution in [0.3, 0.4) is 0 Å². The van der Waals surface area contributed by atoms with Gasteiger partial charge in [0.25, 0.3) is 0 Å². The highest BCUT2D eigenvalue weighted by Crippen LogP contribution is 2.28. The average Bonchev–Trinajstić information content (AvgIpc) is 2.57. The molecule has 0 aromatic heterocycles. The Labute approximate surface area is 146 Å². The summed E-state index contributed by atoms with van der Waals surface area (Å²) in [5.74, 6) is -0.0254. The van der Waals surface area contributed by atoms with Gasteiger partial charge in [0.2, 0.25) is 0 Å². The van der Waals surface area contributed by atoms with Gasteiger partial charge in [0.15, 0.2) is 0 Å². The average molecular weight is 355 g/mol. The molecule has 1 amide bonds. The van der Waals surface area contributed by atoms with Crippen LogP contribution in [0.4, 0.5) is 10.5 Å². The van der Waals surface area contributed by atoms with Crippen LogP contribution in [0.5, 0.6) is 0 Å². The molecule has 1 aliphatic rings. The lowest BCUT2D eigenvalue weighted by Crippen LogP contribution is -2.41. The van der Waals surface area contributed by atoms with Crippen molar-refractivity contribution in [2.75, 3.05) is 25.0 Å². The van der Waals surface area contributed by atoms with Gasteiger partial charge in [0.05, 0.1) is 22.9 Å². The standard InChI is InChI=1S/C17H23ClN2O4/c1-3-24-16(21)13-4-5-14(18)15(10-13)19-11(2)12-6-8-20(9-7-12)17(22)23/h4-5,10-12,19H,3,6-9H2,1-2H3,(H,22,23)/t11-/m0/s1. The predicted octanol–water partition coefficient (Wildman–Crippen LogP) is 3.71. The summed E-state index contributed by atoms with van der Waals surface area (Å²) >= 11 is 6.23. The molecule has 0 radical (unpaired) electrons. The normalized spacial score (nSPS) is 16.5. The number of amides is 1. The summed E-state index contributed by atoms with van der Waals surface area (Å²) in [6.07, 6.45) is 0.741. The number of rotatable bonds is 5. The van der Waals surface area contributed by atoms with Crippen LogP contribution in [-0.2, 0) is 4.74 Å². The molecule has 7 heteroatoms. The summed E-state index contributed by atoms with van der Waals surface area (Å²) in [6.45, 7) is 5.22. The largest absolute Gasteiger partial charge is 0.465 e. The number of ether oxygens (including phenoxy) is 1. The molecule has 132 valence electrons. The first-order valence-electron chi connectivity index (χ1n) is 8.13. The highest BCUT2D eigenvalue weighted by atomic mass is 35.5. The van der Waals surface area contributed by atoms with E-state index in [0.717, 1.165) is 12.8 Å². The van der Waals surface area contributed by atoms with Crippen LogP contribution >= 0.6 is 11.6 Å². The van der Waals surface area contributed by atoms with Gasteiger partial charge in [-0.25, -0.2) is 9.59 Å². The number of carbonyl (C=O) groups is 2. The van der Waals surface area contributed by atoms with Gasteiger partial charge in [0, 0.05) is 19.1 Å². The number of hydrogen-bond acceptors (Lipinski definition) is 4. The molecule has 1 saturated heterocycles. The lowest BCUT2D eigenvalue weighted by Gasteiger charge is -2.34. The second-order valence-electron chi connectivity index (χ2n) is 5.96. The Balaban J connectivity index is 2.01. The fraction of sp³-hybridized carbons (Fsp3) is 0.529. The molecule has 1 aromatic carbocycles. The van der Waals surface area contributed by atoms with E-state index in [1.807, 2.05) is 0 Å². The van der Waals surface area contributed by atoms with Gasteiger partial charge in [0.1, 0.15) is 0 Å². The number of piperidine rings is 1. The quantitative estimate of drug-likeness (QED) is 0.788. The van der Waals surface area contributed by atoms with E-state index in [2.05, 4.69) is 12.2 Å². The molecule has 24 heavy (non-hydrogen) atoms. The van der Waals surface area contributed by atoms with Gasteiger partial charge in [-0.15, -0.1) is 0 Å². The predicted molar refractivity (Wildman–Crippen MR) is 92.8 cm³/mol. The maximum absolute atomic E-state index is 11.8. The highest BCUT2D eigenvalue weighted by molar-refractivity contribution is 6.33. The van der Waals surface area contributed by atoms with Crippen molar-refractivity contribution in [1.82, 2.24) is 4.90 Å². The first-order chi connectivity index (χ1) is 11.4. The molecule has 0 unspecified atom stereocenters. The molecule has 1 aliphatic heterocycles. The molecular formula is C17H23ClN2O4. The van der Waals surface area contributed by atoms with E-state index in [1.165, 1.54) is 4.90 Å². The summed E-state index contributed by atoms with van der Waals surface area (Å²) in [6, 6.07) is 5.14. The van der Waals surface area contributed by atoms with E-state index in [-0.39, 0.29) is 12.0 Å². The van der Waals surface area contributed by atoms with Crippen molar-refractivity contribution in [3.05, 3.63) is 28.8 Å². The van der Waals surface area contributed by atoms with Crippen molar-refractivity contribution in [2.45, 2.75) is 32.7 Å². The molecule has 0 bridgehead atoms. The van der Waals surface area contributed by atoms with E-state index in [9.17, 15) is 9.59 Å². The molecule has 2 N–H and O–H groups in total. The molecule has 2 rings (SSSR count). The third-order valence-corrected chi connectivity index (χ3v) is 4.71. The van der Waals surface area contributed by atoms with Crippen molar-refractivity contribution < 1.29 is 19.4 Å². The summed E-state index contributed by atoms with van der Waals surface area (Å²) in [4.78, 5) is 24.3. The van der Waals surface area contributed by atoms with Crippen LogP contribution in [0.15, 0.2) is 18.2 Å². The minimum absolute atomic E-state index is 0.121. The van der Waals surface area contributed by atoms with E-state index in [4.69, 9.17) is 21.4 Å². The van der Waals surface area contributed by atoms with Crippen molar-refractivity contribution >= 4 is 29.4 Å². The summed E-state index contributed by atoms with van der Waals surface area (Å²) in [5.41, 5.74) is 1.15. The van der Waals surface area contributed by atoms with E-state index in [1.54, 1.807) is 25.1 Å². The Morgan fingerprint density at radius 1 is 1.42 bits per heavy atom. The van der Waals surface area contributed by atoms with Gasteiger partial charge >= 0.3 is 12.1 Å². The highest BCUT2D eigenvalue weighted by Gasteiger charge is 2.26. The number of benzene rings is 1. The molecule has 1 aromatic rings. The second-order valence-corrected chi connectivity index (χ2v) is 6.36. The van der Waals surface area contributed by atoms with Crippen LogP contribution in [0, 0.1) is 5.92 Å². The maximum atomic E-state index is 11.8. The monoisotopic (exact) mass is 354 g/mol. The Kier molecular flexibility index (Phi) is 6.31. The van der Waals surface area contributed by atoms with Gasteiger partial charge in [-0.3, -0.25) is 0 Å². The summed E-state index contributed by atoms with van der Waals surface area (Å²) in [5, 5.41) is 12.9. The minimum Gasteiger partial charge on any atom is -0.465 e. The number of hydrogen-bond donors (Lipinski definition) is 2. The summed E-state index contributed by atoms with van der Waals surface area (Å²) in [7, 11) is 0. The number of nitrogens with zero attached hydrogens (tertiary/aromatic N) is 1. The van der Waals surface area contributed by atoms with Crippen molar-refractivity contribution in [3.63, 3.8) is 0 Å². The number of esters is 1. The molecule has 6 nitrogen and oxygen atoms in total. The smallest absolute Gasteiger partial charge is 0.407 e. The Morgan fingerprint density at radius 2 is 2.08 bits per heavy atom. The molecule has 1 fully saturated rings. The molecule has 1 heterocycles. The van der Waals surface area contributed by atoms with Crippen LogP contribution in [-0.4, -0.2) is 47.8 Å². The third kappa shape index (κ3) is 4.54. The van der Waals surface area contributed by atoms with Crippen LogP contribution in [0.2, 0.25) is 5.02 Å². The van der Waals surface area contributed by atoms with Gasteiger partial charge < -0.3 is 20.1 Å². The van der Waals surface area contributed by atoms with Crippen molar-refractivity contribution in [2.24, 2.45) is 5.92 Å². The number of carbonyl (C=O) groups excluding carboxylic acids is 1. The number of halogens is 1. The fourth-order valence-electron chi connectivity index (χ4n) is 2.93. The molecule has 0 aliphatic carbocycles. The minimum atomic E-state index is -0.862. The Bertz CT molecular complexity index is 600. The zero-order valence-corrected chi connectivity index (χ0v) is 14.7. The molecule has 0 spiro atoms. The first-order valence-corrected chi connectivity index (χ1v) is 8.51. The zero-order chi connectivity index (χ0) is 17.7.